The van der Waals surface area contributed by atoms with E-state index in [0.717, 1.165) is 10.0 Å². The highest BCUT2D eigenvalue weighted by atomic mass is 79.9. The molecule has 5 heteroatoms. The number of benzene rings is 1. The molecule has 1 rings (SSSR count). The van der Waals surface area contributed by atoms with E-state index in [0.29, 0.717) is 5.56 Å². The maximum absolute atomic E-state index is 11.4. The van der Waals surface area contributed by atoms with Gasteiger partial charge in [0.05, 0.1) is 12.5 Å². The van der Waals surface area contributed by atoms with Crippen molar-refractivity contribution >= 4 is 27.8 Å². The number of carbonyl (C=O) groups excluding carboxylic acids is 2. The van der Waals surface area contributed by atoms with Crippen LogP contribution in [0.4, 0.5) is 0 Å². The lowest BCUT2D eigenvalue weighted by atomic mass is 10.1. The summed E-state index contributed by atoms with van der Waals surface area (Å²) in [5.74, 6) is -1.74. The smallest absolute Gasteiger partial charge is 0.251 e. The number of halogens is 1. The molecule has 0 unspecified atom stereocenters. The fourth-order valence-electron chi connectivity index (χ4n) is 0.989. The highest BCUT2D eigenvalue weighted by molar-refractivity contribution is 9.10. The fraction of sp³-hybridized carbons (Fsp3) is 0.200. The minimum Gasteiger partial charge on any atom is -0.548 e. The number of hydrogen-bond donors (Lipinski definition) is 1. The Morgan fingerprint density at radius 1 is 1.47 bits per heavy atom. The summed E-state index contributed by atoms with van der Waals surface area (Å²) >= 11 is 3.29. The van der Waals surface area contributed by atoms with Crippen LogP contribution < -0.4 is 10.4 Å². The molecular weight excluding hydrogens is 262 g/mol. The Morgan fingerprint density at radius 2 is 2.13 bits per heavy atom. The maximum Gasteiger partial charge on any atom is 0.251 e. The van der Waals surface area contributed by atoms with Crippen LogP contribution in [0.5, 0.6) is 0 Å². The zero-order valence-electron chi connectivity index (χ0n) is 8.04. The Hall–Kier alpha value is -1.36. The Labute approximate surface area is 95.4 Å². The summed E-state index contributed by atoms with van der Waals surface area (Å²) in [4.78, 5) is 21.5. The van der Waals surface area contributed by atoms with Crippen LogP contribution in [-0.4, -0.2) is 18.4 Å². The summed E-state index contributed by atoms with van der Waals surface area (Å²) in [7, 11) is 0. The quantitative estimate of drug-likeness (QED) is 0.856. The topological polar surface area (TPSA) is 69.2 Å². The van der Waals surface area contributed by atoms with E-state index in [1.54, 1.807) is 18.2 Å². The van der Waals surface area contributed by atoms with Gasteiger partial charge >= 0.3 is 0 Å². The molecule has 0 aliphatic rings. The largest absolute Gasteiger partial charge is 0.548 e. The van der Waals surface area contributed by atoms with Crippen molar-refractivity contribution in [3.05, 3.63) is 33.8 Å². The Balaban J connectivity index is 2.74. The first-order valence-electron chi connectivity index (χ1n) is 4.25. The number of aliphatic carboxylic acids is 1. The number of hydrogen-bond acceptors (Lipinski definition) is 3. The minimum absolute atomic E-state index is 0.411. The van der Waals surface area contributed by atoms with Crippen LogP contribution in [0, 0.1) is 6.92 Å². The Kier molecular flexibility index (Phi) is 3.85. The lowest BCUT2D eigenvalue weighted by molar-refractivity contribution is -0.303. The molecule has 1 N–H and O–H groups in total. The molecule has 80 valence electrons. The molecule has 0 aliphatic heterocycles. The van der Waals surface area contributed by atoms with Crippen molar-refractivity contribution in [2.24, 2.45) is 0 Å². The van der Waals surface area contributed by atoms with E-state index in [4.69, 9.17) is 0 Å². The number of nitrogens with one attached hydrogen (secondary N) is 1. The van der Waals surface area contributed by atoms with Gasteiger partial charge in [-0.3, -0.25) is 4.79 Å². The van der Waals surface area contributed by atoms with Crippen molar-refractivity contribution in [1.82, 2.24) is 5.32 Å². The van der Waals surface area contributed by atoms with Crippen molar-refractivity contribution in [2.75, 3.05) is 6.54 Å². The lowest BCUT2D eigenvalue weighted by Gasteiger charge is -2.06. The Morgan fingerprint density at radius 3 is 2.67 bits per heavy atom. The zero-order chi connectivity index (χ0) is 11.4. The van der Waals surface area contributed by atoms with E-state index in [-0.39, 0.29) is 0 Å². The second-order valence-corrected chi connectivity index (χ2v) is 3.87. The molecule has 0 heterocycles. The van der Waals surface area contributed by atoms with Crippen LogP contribution >= 0.6 is 15.9 Å². The maximum atomic E-state index is 11.4. The van der Waals surface area contributed by atoms with Gasteiger partial charge in [0.1, 0.15) is 0 Å². The van der Waals surface area contributed by atoms with Gasteiger partial charge in [-0.05, 0) is 24.6 Å². The van der Waals surface area contributed by atoms with Crippen molar-refractivity contribution in [1.29, 1.82) is 0 Å². The molecule has 1 aromatic rings. The van der Waals surface area contributed by atoms with Crippen LogP contribution in [0.25, 0.3) is 0 Å². The molecule has 0 fully saturated rings. The number of carboxylic acid groups (broad SMARTS) is 1. The second-order valence-electron chi connectivity index (χ2n) is 3.02. The van der Waals surface area contributed by atoms with Gasteiger partial charge in [0.15, 0.2) is 0 Å². The highest BCUT2D eigenvalue weighted by Gasteiger charge is 2.06. The molecule has 4 nitrogen and oxygen atoms in total. The fourth-order valence-corrected chi connectivity index (χ4v) is 1.37. The third kappa shape index (κ3) is 3.36. The van der Waals surface area contributed by atoms with Gasteiger partial charge in [-0.2, -0.15) is 0 Å². The molecule has 15 heavy (non-hydrogen) atoms. The van der Waals surface area contributed by atoms with E-state index in [1.165, 1.54) is 0 Å². The van der Waals surface area contributed by atoms with Gasteiger partial charge in [0.2, 0.25) is 0 Å². The summed E-state index contributed by atoms with van der Waals surface area (Å²) in [6.07, 6.45) is 0. The van der Waals surface area contributed by atoms with E-state index < -0.39 is 18.4 Å². The van der Waals surface area contributed by atoms with Crippen LogP contribution in [0.2, 0.25) is 0 Å². The number of aryl methyl sites for hydroxylation is 1. The molecule has 0 saturated carbocycles. The predicted octanol–water partition coefficient (Wildman–Crippen LogP) is 0.237. The van der Waals surface area contributed by atoms with Gasteiger partial charge < -0.3 is 15.2 Å². The molecule has 0 saturated heterocycles. The summed E-state index contributed by atoms with van der Waals surface area (Å²) in [6, 6.07) is 5.04. The van der Waals surface area contributed by atoms with Gasteiger partial charge in [0.25, 0.3) is 5.91 Å². The first-order chi connectivity index (χ1) is 7.00. The summed E-state index contributed by atoms with van der Waals surface area (Å²) in [6.45, 7) is 1.41. The lowest BCUT2D eigenvalue weighted by Crippen LogP contribution is -2.37. The third-order valence-electron chi connectivity index (χ3n) is 1.83. The molecule has 1 aromatic carbocycles. The molecule has 0 aliphatic carbocycles. The third-order valence-corrected chi connectivity index (χ3v) is 2.68. The molecule has 0 aromatic heterocycles. The van der Waals surface area contributed by atoms with Gasteiger partial charge in [-0.15, -0.1) is 0 Å². The zero-order valence-corrected chi connectivity index (χ0v) is 9.63. The van der Waals surface area contributed by atoms with E-state index >= 15 is 0 Å². The monoisotopic (exact) mass is 270 g/mol. The van der Waals surface area contributed by atoms with Crippen molar-refractivity contribution < 1.29 is 14.7 Å². The van der Waals surface area contributed by atoms with E-state index in [1.807, 2.05) is 6.92 Å². The minimum atomic E-state index is -1.31. The van der Waals surface area contributed by atoms with Crippen LogP contribution in [-0.2, 0) is 4.79 Å². The molecule has 0 radical (unpaired) electrons. The molecule has 0 bridgehead atoms. The Bertz CT molecular complexity index is 404. The SMILES string of the molecule is Cc1ccc(C(=O)NCC(=O)[O-])cc1Br. The van der Waals surface area contributed by atoms with Gasteiger partial charge in [-0.25, -0.2) is 0 Å². The number of carboxylic acids is 1. The predicted molar refractivity (Wildman–Crippen MR) is 56.2 cm³/mol. The highest BCUT2D eigenvalue weighted by Crippen LogP contribution is 2.17. The first-order valence-corrected chi connectivity index (χ1v) is 5.04. The normalized spacial score (nSPS) is 9.73. The molecule has 0 spiro atoms. The summed E-state index contributed by atoms with van der Waals surface area (Å²) in [5.41, 5.74) is 1.42. The van der Waals surface area contributed by atoms with Crippen LogP contribution in [0.1, 0.15) is 15.9 Å². The molecule has 1 amide bonds. The van der Waals surface area contributed by atoms with Crippen molar-refractivity contribution in [2.45, 2.75) is 6.92 Å². The standard InChI is InChI=1S/C10H10BrNO3/c1-6-2-3-7(4-8(6)11)10(15)12-5-9(13)14/h2-4H,5H2,1H3,(H,12,15)(H,13,14)/p-1. The molecule has 0 atom stereocenters. The number of amides is 1. The average molecular weight is 271 g/mol. The van der Waals surface area contributed by atoms with Crippen LogP contribution in [0.3, 0.4) is 0 Å². The number of rotatable bonds is 3. The average Bonchev–Trinajstić information content (AvgIpc) is 2.18. The van der Waals surface area contributed by atoms with Crippen molar-refractivity contribution in [3.8, 4) is 0 Å². The van der Waals surface area contributed by atoms with Gasteiger partial charge in [-0.1, -0.05) is 22.0 Å². The summed E-state index contributed by atoms with van der Waals surface area (Å²) < 4.78 is 0.809. The van der Waals surface area contributed by atoms with Crippen LogP contribution in [0.15, 0.2) is 22.7 Å². The summed E-state index contributed by atoms with van der Waals surface area (Å²) in [5, 5.41) is 12.3. The van der Waals surface area contributed by atoms with Crippen molar-refractivity contribution in [3.63, 3.8) is 0 Å². The first kappa shape index (κ1) is 11.7. The second kappa shape index (κ2) is 4.93. The van der Waals surface area contributed by atoms with E-state index in [2.05, 4.69) is 21.2 Å². The molecular formula is C10H9BrNO3-. The van der Waals surface area contributed by atoms with E-state index in [9.17, 15) is 14.7 Å². The van der Waals surface area contributed by atoms with Gasteiger partial charge in [0, 0.05) is 10.0 Å². The number of carbonyl (C=O) groups is 2.